The van der Waals surface area contributed by atoms with Gasteiger partial charge in [0.15, 0.2) is 5.82 Å². The van der Waals surface area contributed by atoms with Gasteiger partial charge in [-0.05, 0) is 32.5 Å². The van der Waals surface area contributed by atoms with E-state index in [1.807, 2.05) is 19.0 Å². The number of nitrogens with one attached hydrogen (secondary N) is 1. The molecule has 0 fully saturated rings. The van der Waals surface area contributed by atoms with Crippen molar-refractivity contribution in [1.29, 1.82) is 0 Å². The Morgan fingerprint density at radius 2 is 2.05 bits per heavy atom. The Morgan fingerprint density at radius 3 is 2.60 bits per heavy atom. The van der Waals surface area contributed by atoms with Crippen molar-refractivity contribution in [2.24, 2.45) is 5.92 Å². The molecule has 0 aliphatic carbocycles. The van der Waals surface area contributed by atoms with Crippen LogP contribution in [0.15, 0.2) is 12.3 Å². The zero-order valence-corrected chi connectivity index (χ0v) is 12.3. The minimum absolute atomic E-state index is 0.147. The number of hydrogen-bond acceptors (Lipinski definition) is 3. The second-order valence-corrected chi connectivity index (χ2v) is 5.42. The van der Waals surface area contributed by atoms with E-state index in [1.54, 1.807) is 0 Å². The maximum absolute atomic E-state index is 13.4. The molecule has 20 heavy (non-hydrogen) atoms. The van der Waals surface area contributed by atoms with E-state index in [2.05, 4.69) is 24.1 Å². The molecular weight excluding hydrogens is 264 g/mol. The predicted octanol–water partition coefficient (Wildman–Crippen LogP) is 2.07. The Morgan fingerprint density at radius 1 is 1.40 bits per heavy atom. The average molecular weight is 285 g/mol. The van der Waals surface area contributed by atoms with Crippen LogP contribution in [0.2, 0.25) is 0 Å². The Labute approximate surface area is 118 Å². The van der Waals surface area contributed by atoms with Crippen LogP contribution in [-0.4, -0.2) is 42.5 Å². The number of carbonyl (C=O) groups excluding carboxylic acids is 1. The van der Waals surface area contributed by atoms with Gasteiger partial charge in [0.25, 0.3) is 5.91 Å². The Bertz CT molecular complexity index is 464. The molecule has 0 spiro atoms. The molecule has 0 bridgehead atoms. The molecule has 1 unspecified atom stereocenters. The van der Waals surface area contributed by atoms with Gasteiger partial charge in [0.05, 0.1) is 5.56 Å². The topological polar surface area (TPSA) is 45.2 Å². The molecule has 0 saturated carbocycles. The van der Waals surface area contributed by atoms with Gasteiger partial charge in [-0.1, -0.05) is 13.8 Å². The number of halogens is 2. The molecular formula is C14H21F2N3O. The van der Waals surface area contributed by atoms with Crippen molar-refractivity contribution in [3.05, 3.63) is 29.6 Å². The summed E-state index contributed by atoms with van der Waals surface area (Å²) in [5, 5.41) is 2.64. The lowest BCUT2D eigenvalue weighted by molar-refractivity contribution is 0.0933. The van der Waals surface area contributed by atoms with E-state index in [0.29, 0.717) is 12.5 Å². The fourth-order valence-corrected chi connectivity index (χ4v) is 1.92. The van der Waals surface area contributed by atoms with E-state index < -0.39 is 17.7 Å². The van der Waals surface area contributed by atoms with E-state index in [1.165, 1.54) is 6.07 Å². The summed E-state index contributed by atoms with van der Waals surface area (Å²) in [6.45, 7) is 4.57. The molecule has 1 heterocycles. The van der Waals surface area contributed by atoms with Crippen molar-refractivity contribution < 1.29 is 13.6 Å². The van der Waals surface area contributed by atoms with Crippen LogP contribution in [-0.2, 0) is 0 Å². The summed E-state index contributed by atoms with van der Waals surface area (Å²) in [6, 6.07) is 1.31. The summed E-state index contributed by atoms with van der Waals surface area (Å²) in [6.07, 6.45) is 1.98. The van der Waals surface area contributed by atoms with Crippen LogP contribution in [0, 0.1) is 17.7 Å². The van der Waals surface area contributed by atoms with Crippen molar-refractivity contribution in [2.75, 3.05) is 20.6 Å². The van der Waals surface area contributed by atoms with Gasteiger partial charge in [0.1, 0.15) is 0 Å². The fourth-order valence-electron chi connectivity index (χ4n) is 1.92. The third kappa shape index (κ3) is 4.52. The predicted molar refractivity (Wildman–Crippen MR) is 73.4 cm³/mol. The molecule has 0 aliphatic rings. The maximum atomic E-state index is 13.4. The van der Waals surface area contributed by atoms with E-state index in [0.717, 1.165) is 12.6 Å². The van der Waals surface area contributed by atoms with Crippen molar-refractivity contribution in [3.63, 3.8) is 0 Å². The summed E-state index contributed by atoms with van der Waals surface area (Å²) in [5.74, 6) is -2.62. The van der Waals surface area contributed by atoms with Crippen molar-refractivity contribution in [2.45, 2.75) is 26.3 Å². The average Bonchev–Trinajstić information content (AvgIpc) is 2.36. The van der Waals surface area contributed by atoms with Crippen LogP contribution < -0.4 is 5.32 Å². The first-order valence-corrected chi connectivity index (χ1v) is 6.57. The monoisotopic (exact) mass is 285 g/mol. The van der Waals surface area contributed by atoms with Gasteiger partial charge in [-0.15, -0.1) is 0 Å². The summed E-state index contributed by atoms with van der Waals surface area (Å²) >= 11 is 0. The molecule has 0 radical (unpaired) electrons. The third-order valence-electron chi connectivity index (χ3n) is 3.06. The molecule has 1 amide bonds. The molecule has 1 rings (SSSR count). The number of pyridine rings is 1. The SMILES string of the molecule is CC(C)CC(CNC(=O)c1ccnc(F)c1F)N(C)C. The van der Waals surface area contributed by atoms with Crippen molar-refractivity contribution in [3.8, 4) is 0 Å². The number of amides is 1. The van der Waals surface area contributed by atoms with Crippen molar-refractivity contribution in [1.82, 2.24) is 15.2 Å². The number of nitrogens with zero attached hydrogens (tertiary/aromatic N) is 2. The summed E-state index contributed by atoms with van der Waals surface area (Å²) in [4.78, 5) is 17.0. The molecule has 1 aromatic heterocycles. The third-order valence-corrected chi connectivity index (χ3v) is 3.06. The molecule has 0 saturated heterocycles. The van der Waals surface area contributed by atoms with Crippen LogP contribution >= 0.6 is 0 Å². The highest BCUT2D eigenvalue weighted by atomic mass is 19.2. The fraction of sp³-hybridized carbons (Fsp3) is 0.571. The number of likely N-dealkylation sites (N-methyl/N-ethyl adjacent to an activating group) is 1. The highest BCUT2D eigenvalue weighted by Gasteiger charge is 2.18. The molecule has 0 aromatic carbocycles. The number of rotatable bonds is 6. The van der Waals surface area contributed by atoms with E-state index in [9.17, 15) is 13.6 Å². The largest absolute Gasteiger partial charge is 0.350 e. The first kappa shape index (κ1) is 16.5. The zero-order chi connectivity index (χ0) is 15.3. The second kappa shape index (κ2) is 7.28. The van der Waals surface area contributed by atoms with Crippen LogP contribution in [0.4, 0.5) is 8.78 Å². The summed E-state index contributed by atoms with van der Waals surface area (Å²) in [7, 11) is 3.85. The van der Waals surface area contributed by atoms with Gasteiger partial charge in [0, 0.05) is 18.8 Å². The van der Waals surface area contributed by atoms with Crippen LogP contribution in [0.1, 0.15) is 30.6 Å². The molecule has 1 N–H and O–H groups in total. The van der Waals surface area contributed by atoms with Gasteiger partial charge >= 0.3 is 0 Å². The van der Waals surface area contributed by atoms with Crippen molar-refractivity contribution >= 4 is 5.91 Å². The van der Waals surface area contributed by atoms with E-state index in [4.69, 9.17) is 0 Å². The molecule has 0 aliphatic heterocycles. The standard InChI is InChI=1S/C14H21F2N3O/c1-9(2)7-10(19(3)4)8-18-14(20)11-5-6-17-13(16)12(11)15/h5-6,9-10H,7-8H2,1-4H3,(H,18,20). The minimum atomic E-state index is -1.26. The van der Waals surface area contributed by atoms with Crippen LogP contribution in [0.25, 0.3) is 0 Å². The van der Waals surface area contributed by atoms with E-state index in [-0.39, 0.29) is 11.6 Å². The maximum Gasteiger partial charge on any atom is 0.254 e. The van der Waals surface area contributed by atoms with Gasteiger partial charge in [-0.3, -0.25) is 4.79 Å². The van der Waals surface area contributed by atoms with Gasteiger partial charge < -0.3 is 10.2 Å². The Hall–Kier alpha value is -1.56. The van der Waals surface area contributed by atoms with Gasteiger partial charge in [0.2, 0.25) is 5.95 Å². The lowest BCUT2D eigenvalue weighted by Crippen LogP contribution is -2.41. The highest BCUT2D eigenvalue weighted by Crippen LogP contribution is 2.10. The Kier molecular flexibility index (Phi) is 6.01. The lowest BCUT2D eigenvalue weighted by atomic mass is 10.0. The first-order valence-electron chi connectivity index (χ1n) is 6.57. The van der Waals surface area contributed by atoms with Crippen LogP contribution in [0.3, 0.4) is 0 Å². The first-order chi connectivity index (χ1) is 9.32. The summed E-state index contributed by atoms with van der Waals surface area (Å²) < 4.78 is 26.4. The highest BCUT2D eigenvalue weighted by molar-refractivity contribution is 5.94. The minimum Gasteiger partial charge on any atom is -0.350 e. The zero-order valence-electron chi connectivity index (χ0n) is 12.3. The molecule has 1 atom stereocenters. The van der Waals surface area contributed by atoms with Gasteiger partial charge in [-0.2, -0.15) is 4.39 Å². The molecule has 1 aromatic rings. The van der Waals surface area contributed by atoms with Crippen LogP contribution in [0.5, 0.6) is 0 Å². The summed E-state index contributed by atoms with van der Waals surface area (Å²) in [5.41, 5.74) is -0.320. The van der Waals surface area contributed by atoms with Gasteiger partial charge in [-0.25, -0.2) is 9.37 Å². The molecule has 6 heteroatoms. The second-order valence-electron chi connectivity index (χ2n) is 5.42. The lowest BCUT2D eigenvalue weighted by Gasteiger charge is -2.26. The Balaban J connectivity index is 2.68. The normalized spacial score (nSPS) is 12.8. The molecule has 112 valence electrons. The number of aromatic nitrogens is 1. The molecule has 4 nitrogen and oxygen atoms in total. The smallest absolute Gasteiger partial charge is 0.254 e. The number of hydrogen-bond donors (Lipinski definition) is 1. The number of carbonyl (C=O) groups is 1. The van der Waals surface area contributed by atoms with E-state index >= 15 is 0 Å². The quantitative estimate of drug-likeness (QED) is 0.814.